The first-order valence-corrected chi connectivity index (χ1v) is 9.89. The second-order valence-electron chi connectivity index (χ2n) is 7.12. The van der Waals surface area contributed by atoms with Gasteiger partial charge in [0.1, 0.15) is 5.75 Å². The Kier molecular flexibility index (Phi) is 7.16. The number of carbonyl (C=O) groups is 2. The zero-order chi connectivity index (χ0) is 21.3. The van der Waals surface area contributed by atoms with E-state index in [0.717, 1.165) is 19.3 Å². The van der Waals surface area contributed by atoms with Gasteiger partial charge in [-0.1, -0.05) is 35.9 Å². The van der Waals surface area contributed by atoms with Crippen LogP contribution in [0, 0.1) is 6.92 Å². The standard InChI is InChI=1S/C24H25N3O3/c1-17-9-11-18(12-10-17)5-2-3-8-22(28)27-20-13-14-23(26-16-20)30-21-7-4-6-19(15-21)24(25)29/h4,6-7,9-16H,2-3,5,8H2,1H3,(H2,25,29)(H,27,28). The Hall–Kier alpha value is -3.67. The summed E-state index contributed by atoms with van der Waals surface area (Å²) in [7, 11) is 0. The minimum Gasteiger partial charge on any atom is -0.439 e. The zero-order valence-electron chi connectivity index (χ0n) is 16.9. The Morgan fingerprint density at radius 2 is 1.83 bits per heavy atom. The van der Waals surface area contributed by atoms with Crippen LogP contribution in [0.15, 0.2) is 66.9 Å². The van der Waals surface area contributed by atoms with E-state index < -0.39 is 5.91 Å². The highest BCUT2D eigenvalue weighted by atomic mass is 16.5. The zero-order valence-corrected chi connectivity index (χ0v) is 16.9. The molecule has 0 saturated carbocycles. The first-order valence-electron chi connectivity index (χ1n) is 9.89. The number of primary amides is 1. The van der Waals surface area contributed by atoms with Gasteiger partial charge in [0.15, 0.2) is 0 Å². The topological polar surface area (TPSA) is 94.3 Å². The molecule has 3 rings (SSSR count). The van der Waals surface area contributed by atoms with Crippen LogP contribution in [0.3, 0.4) is 0 Å². The van der Waals surface area contributed by atoms with Gasteiger partial charge in [-0.05, 0) is 56.0 Å². The highest BCUT2D eigenvalue weighted by Gasteiger charge is 2.06. The van der Waals surface area contributed by atoms with Crippen molar-refractivity contribution >= 4 is 17.5 Å². The number of hydrogen-bond acceptors (Lipinski definition) is 4. The van der Waals surface area contributed by atoms with E-state index >= 15 is 0 Å². The van der Waals surface area contributed by atoms with Crippen molar-refractivity contribution in [1.29, 1.82) is 0 Å². The molecule has 0 radical (unpaired) electrons. The highest BCUT2D eigenvalue weighted by Crippen LogP contribution is 2.21. The Balaban J connectivity index is 1.43. The molecule has 0 aliphatic rings. The molecule has 0 unspecified atom stereocenters. The van der Waals surface area contributed by atoms with Crippen LogP contribution in [0.2, 0.25) is 0 Å². The first kappa shape index (κ1) is 21.0. The molecular weight excluding hydrogens is 378 g/mol. The summed E-state index contributed by atoms with van der Waals surface area (Å²) in [6.07, 6.45) is 4.76. The van der Waals surface area contributed by atoms with E-state index in [9.17, 15) is 9.59 Å². The maximum atomic E-state index is 12.1. The summed E-state index contributed by atoms with van der Waals surface area (Å²) in [5.74, 6) is 0.255. The molecule has 154 valence electrons. The van der Waals surface area contributed by atoms with Crippen molar-refractivity contribution in [2.24, 2.45) is 5.73 Å². The van der Waals surface area contributed by atoms with Crippen molar-refractivity contribution in [3.63, 3.8) is 0 Å². The Morgan fingerprint density at radius 1 is 1.03 bits per heavy atom. The minimum absolute atomic E-state index is 0.0384. The lowest BCUT2D eigenvalue weighted by atomic mass is 10.1. The van der Waals surface area contributed by atoms with E-state index in [1.54, 1.807) is 36.4 Å². The van der Waals surface area contributed by atoms with Gasteiger partial charge in [-0.3, -0.25) is 9.59 Å². The van der Waals surface area contributed by atoms with E-state index in [2.05, 4.69) is 41.5 Å². The number of unbranched alkanes of at least 4 members (excludes halogenated alkanes) is 1. The molecule has 0 aliphatic heterocycles. The van der Waals surface area contributed by atoms with Gasteiger partial charge in [0.2, 0.25) is 17.7 Å². The maximum absolute atomic E-state index is 12.1. The lowest BCUT2D eigenvalue weighted by molar-refractivity contribution is -0.116. The molecule has 0 aliphatic carbocycles. The molecule has 1 heterocycles. The van der Waals surface area contributed by atoms with E-state index in [1.165, 1.54) is 17.3 Å². The summed E-state index contributed by atoms with van der Waals surface area (Å²) < 4.78 is 5.63. The molecule has 2 aromatic carbocycles. The van der Waals surface area contributed by atoms with E-state index in [1.807, 2.05) is 0 Å². The molecule has 0 fully saturated rings. The number of carbonyl (C=O) groups excluding carboxylic acids is 2. The first-order chi connectivity index (χ1) is 14.5. The summed E-state index contributed by atoms with van der Waals surface area (Å²) >= 11 is 0. The fraction of sp³-hybridized carbons (Fsp3) is 0.208. The number of pyridine rings is 1. The maximum Gasteiger partial charge on any atom is 0.248 e. The molecule has 30 heavy (non-hydrogen) atoms. The van der Waals surface area contributed by atoms with Crippen LogP contribution in [0.5, 0.6) is 11.6 Å². The predicted molar refractivity (Wildman–Crippen MR) is 117 cm³/mol. The molecule has 3 N–H and O–H groups in total. The second-order valence-corrected chi connectivity index (χ2v) is 7.12. The highest BCUT2D eigenvalue weighted by molar-refractivity contribution is 5.93. The average molecular weight is 403 g/mol. The van der Waals surface area contributed by atoms with Crippen LogP contribution in [-0.4, -0.2) is 16.8 Å². The van der Waals surface area contributed by atoms with Gasteiger partial charge >= 0.3 is 0 Å². The van der Waals surface area contributed by atoms with Gasteiger partial charge in [-0.15, -0.1) is 0 Å². The third-order valence-electron chi connectivity index (χ3n) is 4.60. The van der Waals surface area contributed by atoms with Crippen molar-refractivity contribution < 1.29 is 14.3 Å². The number of hydrogen-bond donors (Lipinski definition) is 2. The third kappa shape index (κ3) is 6.44. The number of nitrogens with zero attached hydrogens (tertiary/aromatic N) is 1. The molecule has 0 spiro atoms. The van der Waals surface area contributed by atoms with E-state index in [-0.39, 0.29) is 5.91 Å². The van der Waals surface area contributed by atoms with Crippen LogP contribution < -0.4 is 15.8 Å². The number of amides is 2. The number of benzene rings is 2. The molecule has 1 aromatic heterocycles. The molecule has 3 aromatic rings. The summed E-state index contributed by atoms with van der Waals surface area (Å²) in [5, 5.41) is 2.85. The number of nitrogens with one attached hydrogen (secondary N) is 1. The number of aryl methyl sites for hydroxylation is 2. The lowest BCUT2D eigenvalue weighted by Gasteiger charge is -2.08. The van der Waals surface area contributed by atoms with Crippen molar-refractivity contribution in [1.82, 2.24) is 4.98 Å². The SMILES string of the molecule is Cc1ccc(CCCCC(=O)Nc2ccc(Oc3cccc(C(N)=O)c3)nc2)cc1. The van der Waals surface area contributed by atoms with Gasteiger partial charge in [-0.2, -0.15) is 0 Å². The molecule has 0 bridgehead atoms. The summed E-state index contributed by atoms with van der Waals surface area (Å²) in [6.45, 7) is 2.07. The number of ether oxygens (including phenoxy) is 1. The second kappa shape index (κ2) is 10.2. The smallest absolute Gasteiger partial charge is 0.248 e. The minimum atomic E-state index is -0.523. The lowest BCUT2D eigenvalue weighted by Crippen LogP contribution is -2.11. The summed E-state index contributed by atoms with van der Waals surface area (Å²) in [6, 6.07) is 18.4. The van der Waals surface area contributed by atoms with Crippen LogP contribution >= 0.6 is 0 Å². The van der Waals surface area contributed by atoms with Crippen molar-refractivity contribution in [3.05, 3.63) is 83.6 Å². The van der Waals surface area contributed by atoms with Crippen molar-refractivity contribution in [2.75, 3.05) is 5.32 Å². The molecule has 2 amide bonds. The third-order valence-corrected chi connectivity index (χ3v) is 4.60. The van der Waals surface area contributed by atoms with Gasteiger partial charge in [0.05, 0.1) is 11.9 Å². The van der Waals surface area contributed by atoms with Crippen LogP contribution in [-0.2, 0) is 11.2 Å². The Morgan fingerprint density at radius 3 is 2.53 bits per heavy atom. The van der Waals surface area contributed by atoms with E-state index in [4.69, 9.17) is 10.5 Å². The van der Waals surface area contributed by atoms with Crippen molar-refractivity contribution in [3.8, 4) is 11.6 Å². The molecular formula is C24H25N3O3. The van der Waals surface area contributed by atoms with Gasteiger partial charge in [0.25, 0.3) is 0 Å². The van der Waals surface area contributed by atoms with Crippen LogP contribution in [0.1, 0.15) is 40.7 Å². The number of rotatable bonds is 9. The molecule has 0 atom stereocenters. The number of anilines is 1. The Bertz CT molecular complexity index is 999. The largest absolute Gasteiger partial charge is 0.439 e. The van der Waals surface area contributed by atoms with E-state index in [0.29, 0.717) is 29.3 Å². The quantitative estimate of drug-likeness (QED) is 0.509. The normalized spacial score (nSPS) is 10.4. The monoisotopic (exact) mass is 403 g/mol. The number of aromatic nitrogens is 1. The van der Waals surface area contributed by atoms with Gasteiger partial charge < -0.3 is 15.8 Å². The van der Waals surface area contributed by atoms with Crippen LogP contribution in [0.25, 0.3) is 0 Å². The predicted octanol–water partition coefficient (Wildman–Crippen LogP) is 4.63. The van der Waals surface area contributed by atoms with Crippen molar-refractivity contribution in [2.45, 2.75) is 32.6 Å². The molecule has 6 nitrogen and oxygen atoms in total. The fourth-order valence-corrected chi connectivity index (χ4v) is 2.94. The molecule has 6 heteroatoms. The summed E-state index contributed by atoms with van der Waals surface area (Å²) in [4.78, 5) is 27.6. The number of nitrogens with two attached hydrogens (primary N) is 1. The van der Waals surface area contributed by atoms with Crippen LogP contribution in [0.4, 0.5) is 5.69 Å². The van der Waals surface area contributed by atoms with Gasteiger partial charge in [0, 0.05) is 18.1 Å². The fourth-order valence-electron chi connectivity index (χ4n) is 2.94. The average Bonchev–Trinajstić information content (AvgIpc) is 2.74. The molecule has 0 saturated heterocycles. The Labute approximate surface area is 176 Å². The summed E-state index contributed by atoms with van der Waals surface area (Å²) in [5.41, 5.74) is 8.78. The van der Waals surface area contributed by atoms with Gasteiger partial charge in [-0.25, -0.2) is 4.98 Å².